The van der Waals surface area contributed by atoms with Crippen molar-refractivity contribution >= 4 is 5.97 Å². The van der Waals surface area contributed by atoms with Crippen LogP contribution >= 0.6 is 0 Å². The van der Waals surface area contributed by atoms with Gasteiger partial charge in [0.25, 0.3) is 0 Å². The molecular weight excluding hydrogens is 218 g/mol. The quantitative estimate of drug-likeness (QED) is 0.845. The van der Waals surface area contributed by atoms with Gasteiger partial charge in [0, 0.05) is 18.2 Å². The van der Waals surface area contributed by atoms with Gasteiger partial charge >= 0.3 is 5.97 Å². The summed E-state index contributed by atoms with van der Waals surface area (Å²) >= 11 is 0. The van der Waals surface area contributed by atoms with Crippen LogP contribution in [0.5, 0.6) is 0 Å². The molecule has 0 unspecified atom stereocenters. The third-order valence-corrected chi connectivity index (χ3v) is 3.54. The lowest BCUT2D eigenvalue weighted by atomic mass is 9.87. The molecule has 4 nitrogen and oxygen atoms in total. The Morgan fingerprint density at radius 3 is 2.82 bits per heavy atom. The van der Waals surface area contributed by atoms with Gasteiger partial charge in [0.05, 0.1) is 6.26 Å². The van der Waals surface area contributed by atoms with Crippen LogP contribution in [0.3, 0.4) is 0 Å². The number of nitrogens with one attached hydrogen (secondary N) is 1. The molecule has 1 aliphatic rings. The molecule has 1 aliphatic carbocycles. The Balaban J connectivity index is 1.85. The molecule has 0 aliphatic heterocycles. The number of carboxylic acids is 1. The fraction of sp³-hybridized carbons (Fsp3) is 0.615. The molecule has 1 aromatic rings. The van der Waals surface area contributed by atoms with Crippen molar-refractivity contribution in [2.45, 2.75) is 45.2 Å². The fourth-order valence-electron chi connectivity index (χ4n) is 2.38. The number of carbonyl (C=O) groups is 1. The fourth-order valence-corrected chi connectivity index (χ4v) is 2.38. The third kappa shape index (κ3) is 3.09. The van der Waals surface area contributed by atoms with E-state index in [0.717, 1.165) is 11.5 Å². The van der Waals surface area contributed by atoms with Gasteiger partial charge in [0.15, 0.2) is 0 Å². The predicted octanol–water partition coefficient (Wildman–Crippen LogP) is 2.65. The van der Waals surface area contributed by atoms with Gasteiger partial charge in [-0.2, -0.15) is 0 Å². The van der Waals surface area contributed by atoms with E-state index in [2.05, 4.69) is 12.2 Å². The van der Waals surface area contributed by atoms with Crippen LogP contribution in [0, 0.1) is 5.92 Å². The minimum Gasteiger partial charge on any atom is -0.475 e. The molecule has 0 radical (unpaired) electrons. The van der Waals surface area contributed by atoms with Crippen LogP contribution in [-0.2, 0) is 6.54 Å². The van der Waals surface area contributed by atoms with Gasteiger partial charge in [0.1, 0.15) is 0 Å². The second kappa shape index (κ2) is 5.36. The van der Waals surface area contributed by atoms with E-state index in [0.29, 0.717) is 12.6 Å². The van der Waals surface area contributed by atoms with Gasteiger partial charge < -0.3 is 14.8 Å². The van der Waals surface area contributed by atoms with Crippen LogP contribution in [-0.4, -0.2) is 17.1 Å². The number of rotatable bonds is 4. The first kappa shape index (κ1) is 12.2. The van der Waals surface area contributed by atoms with Crippen LogP contribution in [0.15, 0.2) is 16.7 Å². The second-order valence-electron chi connectivity index (χ2n) is 4.92. The molecule has 17 heavy (non-hydrogen) atoms. The van der Waals surface area contributed by atoms with Crippen molar-refractivity contribution in [3.63, 3.8) is 0 Å². The third-order valence-electron chi connectivity index (χ3n) is 3.54. The summed E-state index contributed by atoms with van der Waals surface area (Å²) in [5, 5.41) is 12.3. The molecule has 0 amide bonds. The summed E-state index contributed by atoms with van der Waals surface area (Å²) in [6, 6.07) is 2.24. The van der Waals surface area contributed by atoms with Crippen LogP contribution in [0.1, 0.15) is 48.7 Å². The van der Waals surface area contributed by atoms with Crippen molar-refractivity contribution in [2.75, 3.05) is 0 Å². The Morgan fingerprint density at radius 2 is 2.18 bits per heavy atom. The van der Waals surface area contributed by atoms with E-state index in [1.807, 2.05) is 0 Å². The molecule has 2 rings (SSSR count). The van der Waals surface area contributed by atoms with Gasteiger partial charge in [-0.1, -0.05) is 6.92 Å². The topological polar surface area (TPSA) is 62.5 Å². The summed E-state index contributed by atoms with van der Waals surface area (Å²) in [6.45, 7) is 2.87. The van der Waals surface area contributed by atoms with Gasteiger partial charge in [-0.05, 0) is 37.7 Å². The van der Waals surface area contributed by atoms with Gasteiger partial charge in [0.2, 0.25) is 5.76 Å². The number of furan rings is 1. The smallest absolute Gasteiger partial charge is 0.372 e. The van der Waals surface area contributed by atoms with E-state index in [1.165, 1.54) is 31.9 Å². The number of aromatic carboxylic acids is 1. The van der Waals surface area contributed by atoms with Crippen LogP contribution in [0.4, 0.5) is 0 Å². The Kier molecular flexibility index (Phi) is 3.84. The van der Waals surface area contributed by atoms with Crippen molar-refractivity contribution in [1.82, 2.24) is 5.32 Å². The number of hydrogen-bond donors (Lipinski definition) is 2. The minimum atomic E-state index is -0.996. The molecule has 4 heteroatoms. The van der Waals surface area contributed by atoms with Gasteiger partial charge in [-0.3, -0.25) is 0 Å². The first-order chi connectivity index (χ1) is 8.16. The summed E-state index contributed by atoms with van der Waals surface area (Å²) in [4.78, 5) is 10.9. The summed E-state index contributed by atoms with van der Waals surface area (Å²) in [6.07, 6.45) is 6.32. The van der Waals surface area contributed by atoms with Gasteiger partial charge in [-0.25, -0.2) is 4.79 Å². The molecule has 1 saturated carbocycles. The van der Waals surface area contributed by atoms with Gasteiger partial charge in [-0.15, -0.1) is 0 Å². The lowest BCUT2D eigenvalue weighted by molar-refractivity contribution is 0.0660. The summed E-state index contributed by atoms with van der Waals surface area (Å²) < 4.78 is 4.94. The second-order valence-corrected chi connectivity index (χ2v) is 4.92. The molecule has 1 fully saturated rings. The van der Waals surface area contributed by atoms with Crippen molar-refractivity contribution in [3.8, 4) is 0 Å². The molecular formula is C13H19NO3. The first-order valence-electron chi connectivity index (χ1n) is 6.20. The van der Waals surface area contributed by atoms with Crippen molar-refractivity contribution in [1.29, 1.82) is 0 Å². The van der Waals surface area contributed by atoms with Crippen LogP contribution in [0.2, 0.25) is 0 Å². The van der Waals surface area contributed by atoms with Crippen molar-refractivity contribution in [2.24, 2.45) is 5.92 Å². The highest BCUT2D eigenvalue weighted by atomic mass is 16.4. The molecule has 94 valence electrons. The maximum absolute atomic E-state index is 10.9. The zero-order valence-electron chi connectivity index (χ0n) is 10.1. The first-order valence-corrected chi connectivity index (χ1v) is 6.20. The highest BCUT2D eigenvalue weighted by Gasteiger charge is 2.19. The minimum absolute atomic E-state index is 0.0571. The molecule has 1 heterocycles. The highest BCUT2D eigenvalue weighted by Crippen LogP contribution is 2.23. The molecule has 1 aromatic heterocycles. The monoisotopic (exact) mass is 237 g/mol. The van der Waals surface area contributed by atoms with E-state index in [9.17, 15) is 4.79 Å². The van der Waals surface area contributed by atoms with E-state index in [1.54, 1.807) is 6.07 Å². The Hall–Kier alpha value is -1.29. The molecule has 2 N–H and O–H groups in total. The molecule has 0 saturated heterocycles. The van der Waals surface area contributed by atoms with Crippen LogP contribution in [0.25, 0.3) is 0 Å². The van der Waals surface area contributed by atoms with E-state index in [-0.39, 0.29) is 5.76 Å². The average Bonchev–Trinajstić information content (AvgIpc) is 2.76. The predicted molar refractivity (Wildman–Crippen MR) is 63.9 cm³/mol. The standard InChI is InChI=1S/C13H19NO3/c1-9-2-4-11(5-3-9)14-8-10-6-7-17-12(10)13(15)16/h6-7,9,11,14H,2-5,8H2,1H3,(H,15,16). The normalized spacial score (nSPS) is 24.8. The summed E-state index contributed by atoms with van der Waals surface area (Å²) in [5.74, 6) is -0.109. The van der Waals surface area contributed by atoms with Crippen molar-refractivity contribution < 1.29 is 14.3 Å². The summed E-state index contributed by atoms with van der Waals surface area (Å²) in [7, 11) is 0. The maximum atomic E-state index is 10.9. The molecule has 0 bridgehead atoms. The lowest BCUT2D eigenvalue weighted by Crippen LogP contribution is -2.32. The van der Waals surface area contributed by atoms with E-state index < -0.39 is 5.97 Å². The SMILES string of the molecule is CC1CCC(NCc2ccoc2C(=O)O)CC1. The Labute approximate surface area is 101 Å². The molecule has 0 atom stereocenters. The number of hydrogen-bond acceptors (Lipinski definition) is 3. The van der Waals surface area contributed by atoms with Crippen LogP contribution < -0.4 is 5.32 Å². The van der Waals surface area contributed by atoms with E-state index >= 15 is 0 Å². The van der Waals surface area contributed by atoms with Crippen molar-refractivity contribution in [3.05, 3.63) is 23.7 Å². The number of carboxylic acid groups (broad SMARTS) is 1. The summed E-state index contributed by atoms with van der Waals surface area (Å²) in [5.41, 5.74) is 0.733. The Bertz CT molecular complexity index is 378. The molecule has 0 aromatic carbocycles. The zero-order valence-corrected chi connectivity index (χ0v) is 10.1. The highest BCUT2D eigenvalue weighted by molar-refractivity contribution is 5.86. The zero-order chi connectivity index (χ0) is 12.3. The maximum Gasteiger partial charge on any atom is 0.372 e. The molecule has 0 spiro atoms. The average molecular weight is 237 g/mol. The Morgan fingerprint density at radius 1 is 1.47 bits per heavy atom. The largest absolute Gasteiger partial charge is 0.475 e. The lowest BCUT2D eigenvalue weighted by Gasteiger charge is -2.26. The van der Waals surface area contributed by atoms with E-state index in [4.69, 9.17) is 9.52 Å².